The highest BCUT2D eigenvalue weighted by molar-refractivity contribution is 6.36. The number of nitrogens with two attached hydrogens (primary N) is 1. The molecule has 0 saturated carbocycles. The molecule has 0 aliphatic rings. The number of fused-ring (bicyclic) bond motifs is 1. The minimum atomic E-state index is 0. The van der Waals surface area contributed by atoms with Gasteiger partial charge in [-0.25, -0.2) is 4.98 Å². The van der Waals surface area contributed by atoms with E-state index in [0.29, 0.717) is 16.6 Å². The Morgan fingerprint density at radius 3 is 2.52 bits per heavy atom. The summed E-state index contributed by atoms with van der Waals surface area (Å²) >= 11 is 12.2. The highest BCUT2D eigenvalue weighted by Crippen LogP contribution is 2.32. The van der Waals surface area contributed by atoms with Crippen LogP contribution < -0.4 is 5.73 Å². The van der Waals surface area contributed by atoms with E-state index >= 15 is 0 Å². The standard InChI is InChI=1S/C14H11Cl2N3.2ClH/c15-9-4-5-10(11(16)7-9)14-12(8-17)19-6-2-1-3-13(19)18-14;;/h1-7H,8,17H2;2*1H. The molecule has 3 rings (SSSR count). The molecule has 0 atom stereocenters. The first-order chi connectivity index (χ1) is 9.20. The van der Waals surface area contributed by atoms with E-state index in [-0.39, 0.29) is 24.8 Å². The lowest BCUT2D eigenvalue weighted by Crippen LogP contribution is -2.02. The molecule has 2 heterocycles. The summed E-state index contributed by atoms with van der Waals surface area (Å²) in [7, 11) is 0. The van der Waals surface area contributed by atoms with E-state index in [9.17, 15) is 0 Å². The molecule has 0 fully saturated rings. The molecule has 1 aromatic carbocycles. The largest absolute Gasteiger partial charge is 0.325 e. The van der Waals surface area contributed by atoms with Crippen LogP contribution >= 0.6 is 48.0 Å². The van der Waals surface area contributed by atoms with E-state index in [1.807, 2.05) is 34.9 Å². The highest BCUT2D eigenvalue weighted by Gasteiger charge is 2.15. The van der Waals surface area contributed by atoms with Crippen LogP contribution in [0.15, 0.2) is 42.6 Å². The normalized spacial score (nSPS) is 10.0. The van der Waals surface area contributed by atoms with Crippen molar-refractivity contribution in [2.45, 2.75) is 6.54 Å². The van der Waals surface area contributed by atoms with Crippen molar-refractivity contribution in [1.29, 1.82) is 0 Å². The lowest BCUT2D eigenvalue weighted by Gasteiger charge is -2.04. The molecule has 0 radical (unpaired) electrons. The molecular formula is C14H13Cl4N3. The van der Waals surface area contributed by atoms with Gasteiger partial charge in [-0.2, -0.15) is 0 Å². The zero-order valence-corrected chi connectivity index (χ0v) is 13.9. The van der Waals surface area contributed by atoms with Gasteiger partial charge in [-0.3, -0.25) is 0 Å². The van der Waals surface area contributed by atoms with E-state index in [1.54, 1.807) is 12.1 Å². The second-order valence-corrected chi connectivity index (χ2v) is 5.01. The predicted octanol–water partition coefficient (Wildman–Crippen LogP) is 4.61. The topological polar surface area (TPSA) is 43.3 Å². The molecule has 112 valence electrons. The Bertz CT molecular complexity index is 755. The Balaban J connectivity index is 0.00000110. The van der Waals surface area contributed by atoms with Crippen LogP contribution in [0, 0.1) is 0 Å². The summed E-state index contributed by atoms with van der Waals surface area (Å²) in [5, 5.41) is 1.18. The molecule has 21 heavy (non-hydrogen) atoms. The fraction of sp³-hybridized carbons (Fsp3) is 0.0714. The number of pyridine rings is 1. The van der Waals surface area contributed by atoms with Crippen molar-refractivity contribution in [3.63, 3.8) is 0 Å². The van der Waals surface area contributed by atoms with E-state index in [1.165, 1.54) is 0 Å². The molecule has 3 nitrogen and oxygen atoms in total. The molecule has 0 aliphatic carbocycles. The second kappa shape index (κ2) is 7.34. The van der Waals surface area contributed by atoms with Crippen molar-refractivity contribution in [1.82, 2.24) is 9.38 Å². The van der Waals surface area contributed by atoms with Crippen molar-refractivity contribution < 1.29 is 0 Å². The van der Waals surface area contributed by atoms with Crippen LogP contribution in [0.5, 0.6) is 0 Å². The van der Waals surface area contributed by atoms with Crippen molar-refractivity contribution in [2.24, 2.45) is 5.73 Å². The third-order valence-corrected chi connectivity index (χ3v) is 3.56. The number of benzene rings is 1. The zero-order chi connectivity index (χ0) is 13.4. The lowest BCUT2D eigenvalue weighted by atomic mass is 10.1. The molecule has 0 aliphatic heterocycles. The molecule has 0 saturated heterocycles. The van der Waals surface area contributed by atoms with Crippen LogP contribution in [0.25, 0.3) is 16.9 Å². The summed E-state index contributed by atoms with van der Waals surface area (Å²) in [6.45, 7) is 0.388. The van der Waals surface area contributed by atoms with Gasteiger partial charge in [0.25, 0.3) is 0 Å². The van der Waals surface area contributed by atoms with Crippen molar-refractivity contribution in [2.75, 3.05) is 0 Å². The fourth-order valence-electron chi connectivity index (χ4n) is 2.14. The quantitative estimate of drug-likeness (QED) is 0.721. The number of aromatic nitrogens is 2. The highest BCUT2D eigenvalue weighted by atomic mass is 35.5. The van der Waals surface area contributed by atoms with Crippen LogP contribution in [0.3, 0.4) is 0 Å². The Kier molecular flexibility index (Phi) is 6.32. The fourth-order valence-corrected chi connectivity index (χ4v) is 2.64. The van der Waals surface area contributed by atoms with Crippen LogP contribution in [-0.2, 0) is 6.54 Å². The first kappa shape index (κ1) is 18.1. The van der Waals surface area contributed by atoms with E-state index in [2.05, 4.69) is 4.98 Å². The van der Waals surface area contributed by atoms with Crippen LogP contribution in [-0.4, -0.2) is 9.38 Å². The molecule has 0 unspecified atom stereocenters. The molecule has 2 aromatic heterocycles. The average molecular weight is 365 g/mol. The number of imidazole rings is 1. The second-order valence-electron chi connectivity index (χ2n) is 4.16. The van der Waals surface area contributed by atoms with Crippen molar-refractivity contribution in [3.8, 4) is 11.3 Å². The number of nitrogens with zero attached hydrogens (tertiary/aromatic N) is 2. The summed E-state index contributed by atoms with van der Waals surface area (Å²) in [5.74, 6) is 0. The van der Waals surface area contributed by atoms with Gasteiger partial charge >= 0.3 is 0 Å². The van der Waals surface area contributed by atoms with Gasteiger partial charge in [0.05, 0.1) is 16.4 Å². The molecule has 2 N–H and O–H groups in total. The predicted molar refractivity (Wildman–Crippen MR) is 93.0 cm³/mol. The monoisotopic (exact) mass is 363 g/mol. The SMILES string of the molecule is Cl.Cl.NCc1c(-c2ccc(Cl)cc2Cl)nc2ccccn12. The Morgan fingerprint density at radius 1 is 1.10 bits per heavy atom. The summed E-state index contributed by atoms with van der Waals surface area (Å²) in [5.41, 5.74) is 9.27. The van der Waals surface area contributed by atoms with Gasteiger partial charge in [0, 0.05) is 23.3 Å². The number of rotatable bonds is 2. The Hall–Kier alpha value is -0.970. The van der Waals surface area contributed by atoms with Crippen LogP contribution in [0.4, 0.5) is 0 Å². The lowest BCUT2D eigenvalue weighted by molar-refractivity contribution is 0.962. The first-order valence-electron chi connectivity index (χ1n) is 5.82. The molecule has 7 heteroatoms. The minimum Gasteiger partial charge on any atom is -0.325 e. The minimum absolute atomic E-state index is 0. The first-order valence-corrected chi connectivity index (χ1v) is 6.58. The summed E-state index contributed by atoms with van der Waals surface area (Å²) in [6.07, 6.45) is 1.94. The van der Waals surface area contributed by atoms with Gasteiger partial charge in [0.15, 0.2) is 0 Å². The van der Waals surface area contributed by atoms with Crippen LogP contribution in [0.2, 0.25) is 10.0 Å². The Morgan fingerprint density at radius 2 is 1.86 bits per heavy atom. The maximum absolute atomic E-state index is 6.25. The van der Waals surface area contributed by atoms with E-state index < -0.39 is 0 Å². The molecule has 0 amide bonds. The van der Waals surface area contributed by atoms with Crippen LogP contribution in [0.1, 0.15) is 5.69 Å². The van der Waals surface area contributed by atoms with Gasteiger partial charge in [0.2, 0.25) is 0 Å². The maximum Gasteiger partial charge on any atom is 0.137 e. The van der Waals surface area contributed by atoms with Crippen molar-refractivity contribution in [3.05, 3.63) is 58.3 Å². The molecule has 0 bridgehead atoms. The summed E-state index contributed by atoms with van der Waals surface area (Å²) in [6, 6.07) is 11.2. The smallest absolute Gasteiger partial charge is 0.137 e. The summed E-state index contributed by atoms with van der Waals surface area (Å²) < 4.78 is 1.97. The van der Waals surface area contributed by atoms with Gasteiger partial charge in [-0.05, 0) is 30.3 Å². The van der Waals surface area contributed by atoms with Gasteiger partial charge < -0.3 is 10.1 Å². The van der Waals surface area contributed by atoms with Gasteiger partial charge in [-0.15, -0.1) is 24.8 Å². The van der Waals surface area contributed by atoms with Crippen molar-refractivity contribution >= 4 is 53.7 Å². The molecular weight excluding hydrogens is 352 g/mol. The van der Waals surface area contributed by atoms with E-state index in [4.69, 9.17) is 28.9 Å². The maximum atomic E-state index is 6.25. The number of halogens is 4. The third-order valence-electron chi connectivity index (χ3n) is 3.01. The van der Waals surface area contributed by atoms with Gasteiger partial charge in [0.1, 0.15) is 5.65 Å². The summed E-state index contributed by atoms with van der Waals surface area (Å²) in [4.78, 5) is 4.60. The average Bonchev–Trinajstić information content (AvgIpc) is 2.76. The third kappa shape index (κ3) is 3.28. The molecule has 0 spiro atoms. The van der Waals surface area contributed by atoms with Gasteiger partial charge in [-0.1, -0.05) is 29.3 Å². The number of hydrogen-bond acceptors (Lipinski definition) is 2. The molecule has 3 aromatic rings. The zero-order valence-electron chi connectivity index (χ0n) is 10.8. The van der Waals surface area contributed by atoms with E-state index in [0.717, 1.165) is 22.6 Å². The number of hydrogen-bond donors (Lipinski definition) is 1. The Labute approximate surface area is 144 Å².